The van der Waals surface area contributed by atoms with Crippen LogP contribution in [0, 0.1) is 4.77 Å². The molecule has 17 heavy (non-hydrogen) atoms. The number of rotatable bonds is 2. The lowest BCUT2D eigenvalue weighted by atomic mass is 10.2. The van der Waals surface area contributed by atoms with Crippen LogP contribution in [-0.2, 0) is 6.42 Å². The van der Waals surface area contributed by atoms with Crippen molar-refractivity contribution in [2.45, 2.75) is 13.3 Å². The summed E-state index contributed by atoms with van der Waals surface area (Å²) in [6.45, 7) is 2.39. The second-order valence-electron chi connectivity index (χ2n) is 3.81. The van der Waals surface area contributed by atoms with E-state index >= 15 is 0 Å². The molecule has 2 aromatic rings. The second kappa shape index (κ2) is 3.92. The van der Waals surface area contributed by atoms with Gasteiger partial charge in [0.05, 0.1) is 5.69 Å². The average molecular weight is 248 g/mol. The highest BCUT2D eigenvalue weighted by molar-refractivity contribution is 7.71. The summed E-state index contributed by atoms with van der Waals surface area (Å²) in [5.41, 5.74) is 2.14. The van der Waals surface area contributed by atoms with E-state index in [2.05, 4.69) is 11.9 Å². The van der Waals surface area contributed by atoms with Crippen LogP contribution in [0.5, 0.6) is 11.5 Å². The zero-order valence-corrected chi connectivity index (χ0v) is 10.2. The summed E-state index contributed by atoms with van der Waals surface area (Å²) in [6.07, 6.45) is 2.86. The van der Waals surface area contributed by atoms with Gasteiger partial charge in [-0.1, -0.05) is 6.92 Å². The Morgan fingerprint density at radius 1 is 1.35 bits per heavy atom. The van der Waals surface area contributed by atoms with Crippen LogP contribution in [0.1, 0.15) is 12.6 Å². The molecular formula is C12H12N2O2S. The fourth-order valence-electron chi connectivity index (χ4n) is 1.97. The first kappa shape index (κ1) is 10.4. The largest absolute Gasteiger partial charge is 0.454 e. The highest BCUT2D eigenvalue weighted by Gasteiger charge is 2.15. The molecule has 0 amide bonds. The molecule has 1 N–H and O–H groups in total. The molecule has 0 atom stereocenters. The first-order valence-electron chi connectivity index (χ1n) is 5.49. The van der Waals surface area contributed by atoms with E-state index in [9.17, 15) is 0 Å². The van der Waals surface area contributed by atoms with Gasteiger partial charge in [0.1, 0.15) is 0 Å². The average Bonchev–Trinajstić information content (AvgIpc) is 2.93. The third kappa shape index (κ3) is 1.63. The summed E-state index contributed by atoms with van der Waals surface area (Å²) < 4.78 is 13.4. The Labute approximate surface area is 104 Å². The Kier molecular flexibility index (Phi) is 2.40. The minimum Gasteiger partial charge on any atom is -0.454 e. The van der Waals surface area contributed by atoms with Crippen molar-refractivity contribution in [2.75, 3.05) is 6.79 Å². The number of nitrogens with one attached hydrogen (secondary N) is 1. The number of hydrogen-bond donors (Lipinski definition) is 1. The topological polar surface area (TPSA) is 39.2 Å². The van der Waals surface area contributed by atoms with E-state index in [0.29, 0.717) is 4.77 Å². The normalized spacial score (nSPS) is 13.0. The minimum absolute atomic E-state index is 0.290. The lowest BCUT2D eigenvalue weighted by Crippen LogP contribution is -1.99. The zero-order valence-electron chi connectivity index (χ0n) is 9.40. The molecule has 1 aliphatic rings. The second-order valence-corrected chi connectivity index (χ2v) is 4.20. The number of aromatic nitrogens is 2. The van der Waals surface area contributed by atoms with E-state index in [1.54, 1.807) is 0 Å². The van der Waals surface area contributed by atoms with Gasteiger partial charge >= 0.3 is 0 Å². The predicted octanol–water partition coefficient (Wildman–Crippen LogP) is 2.83. The number of nitrogens with zero attached hydrogens (tertiary/aromatic N) is 1. The van der Waals surface area contributed by atoms with Crippen LogP contribution in [0.4, 0.5) is 0 Å². The summed E-state index contributed by atoms with van der Waals surface area (Å²) in [5.74, 6) is 1.56. The fraction of sp³-hybridized carbons (Fsp3) is 0.250. The Bertz CT molecular complexity index is 615. The molecule has 1 aromatic carbocycles. The van der Waals surface area contributed by atoms with Gasteiger partial charge in [-0.2, -0.15) is 0 Å². The highest BCUT2D eigenvalue weighted by atomic mass is 32.1. The van der Waals surface area contributed by atoms with Crippen LogP contribution >= 0.6 is 12.2 Å². The van der Waals surface area contributed by atoms with Crippen molar-refractivity contribution in [3.8, 4) is 17.2 Å². The maximum atomic E-state index is 5.37. The van der Waals surface area contributed by atoms with Gasteiger partial charge in [0.15, 0.2) is 16.3 Å². The van der Waals surface area contributed by atoms with Crippen molar-refractivity contribution >= 4 is 12.2 Å². The lowest BCUT2D eigenvalue weighted by Gasteiger charge is -2.07. The fourth-order valence-corrected chi connectivity index (χ4v) is 2.25. The molecule has 4 nitrogen and oxygen atoms in total. The zero-order chi connectivity index (χ0) is 11.8. The number of ether oxygens (including phenoxy) is 2. The summed E-state index contributed by atoms with van der Waals surface area (Å²) >= 11 is 5.28. The molecule has 5 heteroatoms. The molecule has 0 radical (unpaired) electrons. The van der Waals surface area contributed by atoms with Gasteiger partial charge in [-0.05, 0) is 30.8 Å². The molecule has 88 valence electrons. The summed E-state index contributed by atoms with van der Waals surface area (Å²) in [6, 6.07) is 5.84. The number of hydrogen-bond acceptors (Lipinski definition) is 3. The molecule has 3 rings (SSSR count). The van der Waals surface area contributed by atoms with Crippen LogP contribution in [0.3, 0.4) is 0 Å². The minimum atomic E-state index is 0.290. The number of aromatic amines is 1. The Hall–Kier alpha value is -1.75. The molecule has 0 unspecified atom stereocenters. The Balaban J connectivity index is 2.15. The maximum absolute atomic E-state index is 5.37. The molecule has 0 saturated heterocycles. The molecule has 0 fully saturated rings. The van der Waals surface area contributed by atoms with Gasteiger partial charge in [0.2, 0.25) is 6.79 Å². The smallest absolute Gasteiger partial charge is 0.231 e. The van der Waals surface area contributed by atoms with Gasteiger partial charge in [-0.25, -0.2) is 0 Å². The molecular weight excluding hydrogens is 236 g/mol. The predicted molar refractivity (Wildman–Crippen MR) is 66.5 cm³/mol. The molecule has 0 aliphatic carbocycles. The monoisotopic (exact) mass is 248 g/mol. The van der Waals surface area contributed by atoms with Crippen molar-refractivity contribution in [1.29, 1.82) is 0 Å². The van der Waals surface area contributed by atoms with Gasteiger partial charge in [-0.15, -0.1) is 0 Å². The number of aryl methyl sites for hydroxylation is 1. The molecule has 1 aromatic heterocycles. The summed E-state index contributed by atoms with van der Waals surface area (Å²) in [4.78, 5) is 3.06. The van der Waals surface area contributed by atoms with E-state index in [4.69, 9.17) is 21.7 Å². The van der Waals surface area contributed by atoms with Crippen molar-refractivity contribution < 1.29 is 9.47 Å². The van der Waals surface area contributed by atoms with E-state index in [1.165, 1.54) is 0 Å². The van der Waals surface area contributed by atoms with E-state index in [-0.39, 0.29) is 6.79 Å². The molecule has 2 heterocycles. The van der Waals surface area contributed by atoms with Crippen molar-refractivity contribution in [1.82, 2.24) is 9.55 Å². The summed E-state index contributed by atoms with van der Waals surface area (Å²) in [5, 5.41) is 0. The summed E-state index contributed by atoms with van der Waals surface area (Å²) in [7, 11) is 0. The van der Waals surface area contributed by atoms with Gasteiger partial charge in [0, 0.05) is 18.0 Å². The van der Waals surface area contributed by atoms with Gasteiger partial charge < -0.3 is 14.5 Å². The standard InChI is InChI=1S/C12H12N2O2S/c1-2-8-6-13-12(17)14(8)9-3-4-10-11(5-9)16-7-15-10/h3-6H,2,7H2,1H3,(H,13,17). The SMILES string of the molecule is CCc1c[nH]c(=S)n1-c1ccc2c(c1)OCO2. The van der Waals surface area contributed by atoms with Crippen molar-refractivity contribution in [2.24, 2.45) is 0 Å². The quantitative estimate of drug-likeness (QED) is 0.831. The Morgan fingerprint density at radius 2 is 2.18 bits per heavy atom. The molecule has 0 bridgehead atoms. The molecule has 0 saturated carbocycles. The third-order valence-electron chi connectivity index (χ3n) is 2.83. The number of fused-ring (bicyclic) bond motifs is 1. The first-order chi connectivity index (χ1) is 8.29. The van der Waals surface area contributed by atoms with Crippen molar-refractivity contribution in [3.63, 3.8) is 0 Å². The molecule has 0 spiro atoms. The number of H-pyrrole nitrogens is 1. The third-order valence-corrected chi connectivity index (χ3v) is 3.13. The van der Waals surface area contributed by atoms with E-state index < -0.39 is 0 Å². The van der Waals surface area contributed by atoms with Crippen LogP contribution < -0.4 is 9.47 Å². The first-order valence-corrected chi connectivity index (χ1v) is 5.89. The Morgan fingerprint density at radius 3 is 3.00 bits per heavy atom. The van der Waals surface area contributed by atoms with Crippen LogP contribution in [0.2, 0.25) is 0 Å². The van der Waals surface area contributed by atoms with Crippen LogP contribution in [0.25, 0.3) is 5.69 Å². The van der Waals surface area contributed by atoms with Crippen molar-refractivity contribution in [3.05, 3.63) is 34.9 Å². The lowest BCUT2D eigenvalue weighted by molar-refractivity contribution is 0.174. The van der Waals surface area contributed by atoms with E-state index in [0.717, 1.165) is 29.3 Å². The maximum Gasteiger partial charge on any atom is 0.231 e. The van der Waals surface area contributed by atoms with Gasteiger partial charge in [0.25, 0.3) is 0 Å². The highest BCUT2D eigenvalue weighted by Crippen LogP contribution is 2.34. The van der Waals surface area contributed by atoms with E-state index in [1.807, 2.05) is 29.0 Å². The van der Waals surface area contributed by atoms with Crippen LogP contribution in [0.15, 0.2) is 24.4 Å². The van der Waals surface area contributed by atoms with Crippen LogP contribution in [-0.4, -0.2) is 16.3 Å². The number of imidazole rings is 1. The molecule has 1 aliphatic heterocycles. The van der Waals surface area contributed by atoms with Gasteiger partial charge in [-0.3, -0.25) is 4.57 Å². The number of benzene rings is 1.